The van der Waals surface area contributed by atoms with Crippen LogP contribution in [0.25, 0.3) is 78.9 Å². The number of nitrogens with zero attached hydrogens (tertiary/aromatic N) is 6. The molecule has 0 aliphatic heterocycles. The fourth-order valence-corrected chi connectivity index (χ4v) is 7.21. The molecule has 0 saturated carbocycles. The Balaban J connectivity index is 1.14. The molecule has 0 aliphatic rings. The molecule has 14 nitrogen and oxygen atoms in total. The van der Waals surface area contributed by atoms with Crippen molar-refractivity contribution in [2.75, 3.05) is 26.4 Å². The lowest BCUT2D eigenvalue weighted by molar-refractivity contribution is 0.0510. The summed E-state index contributed by atoms with van der Waals surface area (Å²) in [6, 6.07) is 44.0. The van der Waals surface area contributed by atoms with Crippen molar-refractivity contribution < 1.29 is 38.1 Å². The number of aromatic nitrogens is 6. The Hall–Kier alpha value is -8.78. The highest BCUT2D eigenvalue weighted by molar-refractivity contribution is 5.90. The molecule has 68 heavy (non-hydrogen) atoms. The molecular formula is C54H44N6O8. The Bertz CT molecular complexity index is 2790. The average molecular weight is 905 g/mol. The molecule has 0 aliphatic carbocycles. The van der Waals surface area contributed by atoms with E-state index >= 15 is 0 Å². The lowest BCUT2D eigenvalue weighted by Gasteiger charge is -2.12. The van der Waals surface area contributed by atoms with Gasteiger partial charge in [0.05, 0.1) is 72.0 Å². The van der Waals surface area contributed by atoms with Crippen LogP contribution >= 0.6 is 0 Å². The van der Waals surface area contributed by atoms with Gasteiger partial charge in [0.25, 0.3) is 0 Å². The van der Waals surface area contributed by atoms with E-state index in [0.29, 0.717) is 45.6 Å². The van der Waals surface area contributed by atoms with Gasteiger partial charge in [-0.15, -0.1) is 0 Å². The van der Waals surface area contributed by atoms with Gasteiger partial charge in [-0.1, -0.05) is 72.8 Å². The van der Waals surface area contributed by atoms with Crippen molar-refractivity contribution in [2.45, 2.75) is 27.7 Å². The van der Waals surface area contributed by atoms with Crippen molar-refractivity contribution in [1.82, 2.24) is 29.9 Å². The third-order valence-electron chi connectivity index (χ3n) is 10.4. The minimum Gasteiger partial charge on any atom is -0.461 e. The first-order chi connectivity index (χ1) is 33.1. The van der Waals surface area contributed by atoms with Crippen molar-refractivity contribution in [2.24, 2.45) is 0 Å². The van der Waals surface area contributed by atoms with Gasteiger partial charge >= 0.3 is 23.9 Å². The van der Waals surface area contributed by atoms with Gasteiger partial charge in [-0.05, 0) is 134 Å². The minimum atomic E-state index is -0.542. The third kappa shape index (κ3) is 10.5. The van der Waals surface area contributed by atoms with Crippen molar-refractivity contribution in [3.8, 4) is 78.9 Å². The number of esters is 4. The highest BCUT2D eigenvalue weighted by Gasteiger charge is 2.18. The normalized spacial score (nSPS) is 10.8. The van der Waals surface area contributed by atoms with Crippen LogP contribution in [0, 0.1) is 0 Å². The van der Waals surface area contributed by atoms with Crippen molar-refractivity contribution in [3.05, 3.63) is 168 Å². The van der Waals surface area contributed by atoms with E-state index in [-0.39, 0.29) is 49.2 Å². The van der Waals surface area contributed by atoms with E-state index in [4.69, 9.17) is 28.9 Å². The van der Waals surface area contributed by atoms with Gasteiger partial charge in [0.2, 0.25) is 0 Å². The van der Waals surface area contributed by atoms with Crippen molar-refractivity contribution >= 4 is 23.9 Å². The van der Waals surface area contributed by atoms with E-state index in [1.54, 1.807) is 100 Å². The molecule has 0 spiro atoms. The summed E-state index contributed by atoms with van der Waals surface area (Å²) in [7, 11) is 0. The van der Waals surface area contributed by atoms with Gasteiger partial charge in [0.1, 0.15) is 22.8 Å². The molecule has 6 heterocycles. The van der Waals surface area contributed by atoms with E-state index in [9.17, 15) is 19.2 Å². The maximum absolute atomic E-state index is 12.6. The summed E-state index contributed by atoms with van der Waals surface area (Å²) in [6.07, 6.45) is 0. The summed E-state index contributed by atoms with van der Waals surface area (Å²) in [5, 5.41) is 0. The van der Waals surface area contributed by atoms with Crippen LogP contribution in [0.5, 0.6) is 0 Å². The van der Waals surface area contributed by atoms with Gasteiger partial charge in [0, 0.05) is 0 Å². The Morgan fingerprint density at radius 2 is 0.515 bits per heavy atom. The van der Waals surface area contributed by atoms with Crippen LogP contribution in [-0.4, -0.2) is 80.2 Å². The van der Waals surface area contributed by atoms with E-state index in [1.807, 2.05) is 72.8 Å². The van der Waals surface area contributed by atoms with Gasteiger partial charge in [0.15, 0.2) is 0 Å². The smallest absolute Gasteiger partial charge is 0.356 e. The average Bonchev–Trinajstić information content (AvgIpc) is 3.39. The number of rotatable bonds is 15. The lowest BCUT2D eigenvalue weighted by atomic mass is 9.97. The lowest BCUT2D eigenvalue weighted by Crippen LogP contribution is -2.08. The van der Waals surface area contributed by atoms with E-state index in [2.05, 4.69) is 19.9 Å². The largest absolute Gasteiger partial charge is 0.461 e. The first-order valence-electron chi connectivity index (χ1n) is 22.0. The van der Waals surface area contributed by atoms with Crippen molar-refractivity contribution in [3.63, 3.8) is 0 Å². The summed E-state index contributed by atoms with van der Waals surface area (Å²) in [5.74, 6) is -2.17. The predicted octanol–water partition coefficient (Wildman–Crippen LogP) is 10.4. The summed E-state index contributed by atoms with van der Waals surface area (Å²) < 4.78 is 20.8. The molecular weight excluding hydrogens is 861 g/mol. The molecule has 2 aromatic carbocycles. The molecule has 0 amide bonds. The SMILES string of the molecule is CCOC(=O)c1cccc(-c2cc(-c3ccc(-c4ccc(-c5cc(-c6cccc(C(=O)OCC)n6)nc(-c6cccc(C(=O)OCC)n6)c5)cc4)cc3)cc(-c3cccc(C(=O)OCC)n3)n2)n1. The third-order valence-corrected chi connectivity index (χ3v) is 10.4. The van der Waals surface area contributed by atoms with Gasteiger partial charge in [-0.25, -0.2) is 49.1 Å². The molecule has 0 fully saturated rings. The molecule has 338 valence electrons. The zero-order chi connectivity index (χ0) is 47.6. The molecule has 0 atom stereocenters. The molecule has 0 saturated heterocycles. The van der Waals surface area contributed by atoms with Crippen LogP contribution in [0.1, 0.15) is 69.6 Å². The van der Waals surface area contributed by atoms with Crippen LogP contribution in [0.3, 0.4) is 0 Å². The van der Waals surface area contributed by atoms with Gasteiger partial charge < -0.3 is 18.9 Å². The van der Waals surface area contributed by atoms with Crippen LogP contribution in [0.4, 0.5) is 0 Å². The number of pyridine rings is 6. The van der Waals surface area contributed by atoms with Crippen LogP contribution in [0.2, 0.25) is 0 Å². The fourth-order valence-electron chi connectivity index (χ4n) is 7.21. The molecule has 6 aromatic heterocycles. The molecule has 0 bridgehead atoms. The van der Waals surface area contributed by atoms with E-state index < -0.39 is 23.9 Å². The number of hydrogen-bond donors (Lipinski definition) is 0. The fraction of sp³-hybridized carbons (Fsp3) is 0.148. The maximum Gasteiger partial charge on any atom is 0.356 e. The quantitative estimate of drug-likeness (QED) is 0.0699. The monoisotopic (exact) mass is 904 g/mol. The van der Waals surface area contributed by atoms with Crippen LogP contribution in [-0.2, 0) is 18.9 Å². The molecule has 14 heteroatoms. The molecule has 0 radical (unpaired) electrons. The second kappa shape index (κ2) is 21.0. The number of hydrogen-bond acceptors (Lipinski definition) is 14. The van der Waals surface area contributed by atoms with Crippen LogP contribution in [0.15, 0.2) is 146 Å². The maximum atomic E-state index is 12.6. The highest BCUT2D eigenvalue weighted by Crippen LogP contribution is 2.34. The second-order valence-corrected chi connectivity index (χ2v) is 14.9. The zero-order valence-electron chi connectivity index (χ0n) is 37.6. The summed E-state index contributed by atoms with van der Waals surface area (Å²) >= 11 is 0. The van der Waals surface area contributed by atoms with Gasteiger partial charge in [-0.3, -0.25) is 0 Å². The molecule has 8 rings (SSSR count). The molecule has 8 aromatic rings. The first kappa shape index (κ1) is 45.8. The van der Waals surface area contributed by atoms with E-state index in [0.717, 1.165) is 33.4 Å². The summed E-state index contributed by atoms with van der Waals surface area (Å²) in [6.45, 7) is 7.77. The van der Waals surface area contributed by atoms with Gasteiger partial charge in [-0.2, -0.15) is 0 Å². The number of benzene rings is 2. The number of carbonyl (C=O) groups is 4. The highest BCUT2D eigenvalue weighted by atomic mass is 16.5. The Morgan fingerprint density at radius 3 is 0.735 bits per heavy atom. The zero-order valence-corrected chi connectivity index (χ0v) is 37.6. The van der Waals surface area contributed by atoms with E-state index in [1.165, 1.54) is 0 Å². The Morgan fingerprint density at radius 1 is 0.294 bits per heavy atom. The summed E-state index contributed by atoms with van der Waals surface area (Å²) in [5.41, 5.74) is 9.60. The standard InChI is InChI=1S/C54H44N6O8/c1-5-65-51(61)43-17-9-13-39(55-43)47-29-37(30-48(59-47)40-14-10-18-44(56-40)52(62)66-6-2)35-25-21-33(22-26-35)34-23-27-36(28-24-34)38-31-49(41-15-11-19-45(57-41)53(63)67-7-3)60-50(32-38)42-16-12-20-46(58-42)54(64)68-8-4/h9-32H,5-8H2,1-4H3. The first-order valence-corrected chi connectivity index (χ1v) is 22.0. The molecule has 0 N–H and O–H groups in total. The second-order valence-electron chi connectivity index (χ2n) is 14.9. The molecule has 0 unspecified atom stereocenters. The topological polar surface area (TPSA) is 183 Å². The van der Waals surface area contributed by atoms with Crippen molar-refractivity contribution in [1.29, 1.82) is 0 Å². The van der Waals surface area contributed by atoms with Crippen LogP contribution < -0.4 is 0 Å². The predicted molar refractivity (Wildman–Crippen MR) is 255 cm³/mol. The number of carbonyl (C=O) groups excluding carboxylic acids is 4. The number of ether oxygens (including phenoxy) is 4. The summed E-state index contributed by atoms with van der Waals surface area (Å²) in [4.78, 5) is 78.6. The Labute approximate surface area is 392 Å². The Kier molecular flexibility index (Phi) is 14.2. The minimum absolute atomic E-state index is 0.149.